The van der Waals surface area contributed by atoms with Crippen LogP contribution in [0.2, 0.25) is 0 Å². The molecule has 0 bridgehead atoms. The smallest absolute Gasteiger partial charge is 0.315 e. The molecule has 6 nitrogen and oxygen atoms in total. The fourth-order valence-corrected chi connectivity index (χ4v) is 1.71. The average molecular weight is 274 g/mol. The van der Waals surface area contributed by atoms with Crippen molar-refractivity contribution < 1.29 is 19.4 Å². The summed E-state index contributed by atoms with van der Waals surface area (Å²) in [5.41, 5.74) is 0. The Morgan fingerprint density at radius 2 is 1.68 bits per heavy atom. The zero-order valence-electron chi connectivity index (χ0n) is 12.2. The number of carbonyl (C=O) groups excluding carboxylic acids is 1. The number of carboxylic acids is 1. The van der Waals surface area contributed by atoms with Gasteiger partial charge in [0.15, 0.2) is 0 Å². The van der Waals surface area contributed by atoms with Gasteiger partial charge in [-0.05, 0) is 26.7 Å². The minimum atomic E-state index is -0.772. The van der Waals surface area contributed by atoms with E-state index in [0.29, 0.717) is 13.0 Å². The summed E-state index contributed by atoms with van der Waals surface area (Å²) in [6.45, 7) is 5.94. The van der Waals surface area contributed by atoms with Gasteiger partial charge in [-0.3, -0.25) is 4.79 Å². The molecule has 0 saturated carbocycles. The topological polar surface area (TPSA) is 87.7 Å². The summed E-state index contributed by atoms with van der Waals surface area (Å²) in [7, 11) is 1.59. The molecule has 0 aromatic heterocycles. The van der Waals surface area contributed by atoms with E-state index in [1.54, 1.807) is 14.0 Å². The number of nitrogens with one attached hydrogen (secondary N) is 2. The van der Waals surface area contributed by atoms with Crippen LogP contribution in [0.1, 0.15) is 40.0 Å². The molecule has 0 aliphatic rings. The molecule has 0 aromatic carbocycles. The highest BCUT2D eigenvalue weighted by atomic mass is 16.5. The van der Waals surface area contributed by atoms with Crippen molar-refractivity contribution in [1.82, 2.24) is 10.6 Å². The molecule has 19 heavy (non-hydrogen) atoms. The molecule has 112 valence electrons. The zero-order valence-corrected chi connectivity index (χ0v) is 12.2. The van der Waals surface area contributed by atoms with E-state index in [1.165, 1.54) is 0 Å². The third-order valence-corrected chi connectivity index (χ3v) is 2.87. The average Bonchev–Trinajstić information content (AvgIpc) is 2.28. The number of urea groups is 1. The molecule has 0 fully saturated rings. The molecule has 3 atom stereocenters. The maximum Gasteiger partial charge on any atom is 0.315 e. The largest absolute Gasteiger partial charge is 0.481 e. The Kier molecular flexibility index (Phi) is 8.95. The fraction of sp³-hybridized carbons (Fsp3) is 0.846. The van der Waals surface area contributed by atoms with E-state index in [0.717, 1.165) is 12.8 Å². The maximum atomic E-state index is 11.6. The molecule has 0 aliphatic carbocycles. The summed E-state index contributed by atoms with van der Waals surface area (Å²) in [5.74, 6) is -1.10. The second kappa shape index (κ2) is 9.61. The zero-order chi connectivity index (χ0) is 14.8. The van der Waals surface area contributed by atoms with Crippen molar-refractivity contribution in [3.8, 4) is 0 Å². The van der Waals surface area contributed by atoms with Crippen LogP contribution in [-0.4, -0.2) is 42.9 Å². The first-order chi connectivity index (χ1) is 8.86. The Bertz CT molecular complexity index is 284. The van der Waals surface area contributed by atoms with E-state index >= 15 is 0 Å². The van der Waals surface area contributed by atoms with Crippen LogP contribution in [0.5, 0.6) is 0 Å². The lowest BCUT2D eigenvalue weighted by Crippen LogP contribution is -2.45. The molecule has 6 heteroatoms. The summed E-state index contributed by atoms with van der Waals surface area (Å²) < 4.78 is 4.93. The molecular formula is C13H26N2O4. The van der Waals surface area contributed by atoms with Crippen molar-refractivity contribution in [3.63, 3.8) is 0 Å². The minimum Gasteiger partial charge on any atom is -0.481 e. The van der Waals surface area contributed by atoms with Crippen LogP contribution < -0.4 is 10.6 Å². The SMILES string of the molecule is COCC(C)NC(=O)NC(C)CCCC(C)C(=O)O. The summed E-state index contributed by atoms with van der Waals surface area (Å²) >= 11 is 0. The van der Waals surface area contributed by atoms with Gasteiger partial charge in [0, 0.05) is 13.2 Å². The number of carboxylic acid groups (broad SMARTS) is 1. The summed E-state index contributed by atoms with van der Waals surface area (Å²) in [6.07, 6.45) is 2.18. The summed E-state index contributed by atoms with van der Waals surface area (Å²) in [4.78, 5) is 22.2. The van der Waals surface area contributed by atoms with Gasteiger partial charge in [0.05, 0.1) is 18.6 Å². The van der Waals surface area contributed by atoms with Crippen LogP contribution in [-0.2, 0) is 9.53 Å². The van der Waals surface area contributed by atoms with Crippen LogP contribution in [0.4, 0.5) is 4.79 Å². The second-order valence-electron chi connectivity index (χ2n) is 5.05. The molecule has 2 amide bonds. The van der Waals surface area contributed by atoms with Crippen LogP contribution in [0.3, 0.4) is 0 Å². The van der Waals surface area contributed by atoms with E-state index in [2.05, 4.69) is 10.6 Å². The van der Waals surface area contributed by atoms with Gasteiger partial charge >= 0.3 is 12.0 Å². The van der Waals surface area contributed by atoms with Crippen LogP contribution >= 0.6 is 0 Å². The standard InChI is InChI=1S/C13H26N2O4/c1-9(12(16)17)6-5-7-10(2)14-13(18)15-11(3)8-19-4/h9-11H,5-8H2,1-4H3,(H,16,17)(H2,14,15,18). The first-order valence-electron chi connectivity index (χ1n) is 6.65. The molecule has 0 aliphatic heterocycles. The van der Waals surface area contributed by atoms with Crippen molar-refractivity contribution >= 4 is 12.0 Å². The monoisotopic (exact) mass is 274 g/mol. The number of rotatable bonds is 9. The highest BCUT2D eigenvalue weighted by Crippen LogP contribution is 2.09. The maximum absolute atomic E-state index is 11.6. The number of hydrogen-bond acceptors (Lipinski definition) is 3. The van der Waals surface area contributed by atoms with E-state index < -0.39 is 5.97 Å². The highest BCUT2D eigenvalue weighted by Gasteiger charge is 2.13. The predicted molar refractivity (Wildman–Crippen MR) is 73.1 cm³/mol. The van der Waals surface area contributed by atoms with Crippen molar-refractivity contribution in [1.29, 1.82) is 0 Å². The quantitative estimate of drug-likeness (QED) is 0.596. The van der Waals surface area contributed by atoms with Gasteiger partial charge in [-0.1, -0.05) is 13.3 Å². The normalized spacial score (nSPS) is 15.4. The van der Waals surface area contributed by atoms with Gasteiger partial charge in [-0.25, -0.2) is 4.79 Å². The Morgan fingerprint density at radius 1 is 1.11 bits per heavy atom. The lowest BCUT2D eigenvalue weighted by molar-refractivity contribution is -0.141. The van der Waals surface area contributed by atoms with Gasteiger partial charge in [0.1, 0.15) is 0 Å². The Hall–Kier alpha value is -1.30. The van der Waals surface area contributed by atoms with Crippen molar-refractivity contribution in [2.24, 2.45) is 5.92 Å². The number of carbonyl (C=O) groups is 2. The number of amides is 2. The van der Waals surface area contributed by atoms with Gasteiger partial charge < -0.3 is 20.5 Å². The summed E-state index contributed by atoms with van der Waals surface area (Å²) in [5, 5.41) is 14.3. The highest BCUT2D eigenvalue weighted by molar-refractivity contribution is 5.74. The molecule has 0 saturated heterocycles. The van der Waals surface area contributed by atoms with E-state index in [1.807, 2.05) is 13.8 Å². The number of hydrogen-bond donors (Lipinski definition) is 3. The molecule has 0 aromatic rings. The molecule has 3 unspecified atom stereocenters. The predicted octanol–water partition coefficient (Wildman–Crippen LogP) is 1.60. The first-order valence-corrected chi connectivity index (χ1v) is 6.65. The minimum absolute atomic E-state index is 0.0238. The van der Waals surface area contributed by atoms with E-state index in [4.69, 9.17) is 9.84 Å². The van der Waals surface area contributed by atoms with Gasteiger partial charge in [0.25, 0.3) is 0 Å². The number of aliphatic carboxylic acids is 1. The molecular weight excluding hydrogens is 248 g/mol. The second-order valence-corrected chi connectivity index (χ2v) is 5.05. The fourth-order valence-electron chi connectivity index (χ4n) is 1.71. The molecule has 0 radical (unpaired) electrons. The number of ether oxygens (including phenoxy) is 1. The van der Waals surface area contributed by atoms with E-state index in [9.17, 15) is 9.59 Å². The van der Waals surface area contributed by atoms with Crippen LogP contribution in [0.25, 0.3) is 0 Å². The molecule has 0 heterocycles. The van der Waals surface area contributed by atoms with Crippen LogP contribution in [0.15, 0.2) is 0 Å². The number of methoxy groups -OCH3 is 1. The van der Waals surface area contributed by atoms with Gasteiger partial charge in [0.2, 0.25) is 0 Å². The molecule has 0 rings (SSSR count). The van der Waals surface area contributed by atoms with Crippen molar-refractivity contribution in [2.75, 3.05) is 13.7 Å². The lowest BCUT2D eigenvalue weighted by Gasteiger charge is -2.18. The molecule has 0 spiro atoms. The Balaban J connectivity index is 3.76. The third kappa shape index (κ3) is 9.30. The van der Waals surface area contributed by atoms with Gasteiger partial charge in [-0.15, -0.1) is 0 Å². The van der Waals surface area contributed by atoms with Crippen molar-refractivity contribution in [2.45, 2.75) is 52.1 Å². The van der Waals surface area contributed by atoms with Gasteiger partial charge in [-0.2, -0.15) is 0 Å². The Morgan fingerprint density at radius 3 is 2.21 bits per heavy atom. The lowest BCUT2D eigenvalue weighted by atomic mass is 10.0. The third-order valence-electron chi connectivity index (χ3n) is 2.87. The Labute approximate surface area is 114 Å². The first kappa shape index (κ1) is 17.7. The van der Waals surface area contributed by atoms with E-state index in [-0.39, 0.29) is 24.0 Å². The molecule has 3 N–H and O–H groups in total. The van der Waals surface area contributed by atoms with Crippen molar-refractivity contribution in [3.05, 3.63) is 0 Å². The van der Waals surface area contributed by atoms with Crippen LogP contribution in [0, 0.1) is 5.92 Å². The summed E-state index contributed by atoms with van der Waals surface area (Å²) in [6, 6.07) is -0.233.